The van der Waals surface area contributed by atoms with Crippen LogP contribution in [0.3, 0.4) is 0 Å². The van der Waals surface area contributed by atoms with E-state index in [0.717, 1.165) is 5.56 Å². The van der Waals surface area contributed by atoms with Crippen LogP contribution < -0.4 is 5.32 Å². The summed E-state index contributed by atoms with van der Waals surface area (Å²) in [6, 6.07) is 12.4. The highest BCUT2D eigenvalue weighted by Gasteiger charge is 2.29. The van der Waals surface area contributed by atoms with Crippen LogP contribution in [0.15, 0.2) is 62.9 Å². The Bertz CT molecular complexity index is 1040. The summed E-state index contributed by atoms with van der Waals surface area (Å²) in [7, 11) is -3.92. The molecule has 1 N–H and O–H groups in total. The number of nitrogens with one attached hydrogen (secondary N) is 1. The molecule has 1 heterocycles. The highest BCUT2D eigenvalue weighted by Crippen LogP contribution is 2.33. The summed E-state index contributed by atoms with van der Waals surface area (Å²) in [4.78, 5) is 4.24. The normalized spacial score (nSPS) is 11.7. The van der Waals surface area contributed by atoms with Crippen LogP contribution in [-0.2, 0) is 9.84 Å². The molecular weight excluding hydrogens is 367 g/mol. The van der Waals surface area contributed by atoms with Gasteiger partial charge in [-0.25, -0.2) is 12.8 Å². The molecule has 3 aromatic rings. The third-order valence-corrected chi connectivity index (χ3v) is 5.64. The molecule has 0 amide bonds. The minimum absolute atomic E-state index is 0.0162. The van der Waals surface area contributed by atoms with Crippen LogP contribution >= 0.6 is 0 Å². The number of hydrogen-bond donors (Lipinski definition) is 1. The molecule has 0 atom stereocenters. The third kappa shape index (κ3) is 4.03. The van der Waals surface area contributed by atoms with Crippen LogP contribution in [0.2, 0.25) is 0 Å². The fraction of sp³-hybridized carbons (Fsp3) is 0.250. The Balaban J connectivity index is 2.12. The zero-order valence-electron chi connectivity index (χ0n) is 15.4. The first-order valence-corrected chi connectivity index (χ1v) is 10.1. The number of halogens is 1. The number of aryl methyl sites for hydroxylation is 1. The van der Waals surface area contributed by atoms with Gasteiger partial charge in [0, 0.05) is 6.54 Å². The van der Waals surface area contributed by atoms with E-state index in [0.29, 0.717) is 6.54 Å². The molecule has 0 spiro atoms. The molecule has 7 heteroatoms. The standard InChI is InChI=1S/C20H21FN2O3S/c1-13(2)12-22-19-20(27(24,25)15-10-8-14(3)9-11-15)23-18(26-19)16-6-4-5-7-17(16)21/h4-11,13,22H,12H2,1-3H3. The summed E-state index contributed by atoms with van der Waals surface area (Å²) in [6.07, 6.45) is 0. The average molecular weight is 388 g/mol. The van der Waals surface area contributed by atoms with Gasteiger partial charge >= 0.3 is 0 Å². The summed E-state index contributed by atoms with van der Waals surface area (Å²) in [5, 5.41) is 2.73. The van der Waals surface area contributed by atoms with Crippen LogP contribution in [-0.4, -0.2) is 19.9 Å². The SMILES string of the molecule is Cc1ccc(S(=O)(=O)c2nc(-c3ccccc3F)oc2NCC(C)C)cc1. The summed E-state index contributed by atoms with van der Waals surface area (Å²) in [6.45, 7) is 6.32. The van der Waals surface area contributed by atoms with Crippen molar-refractivity contribution < 1.29 is 17.2 Å². The predicted molar refractivity (Wildman–Crippen MR) is 102 cm³/mol. The molecule has 0 saturated carbocycles. The van der Waals surface area contributed by atoms with Gasteiger partial charge in [0.2, 0.25) is 26.6 Å². The van der Waals surface area contributed by atoms with Crippen LogP contribution in [0.5, 0.6) is 0 Å². The van der Waals surface area contributed by atoms with E-state index in [4.69, 9.17) is 4.42 Å². The maximum absolute atomic E-state index is 14.1. The Morgan fingerprint density at radius 3 is 2.41 bits per heavy atom. The van der Waals surface area contributed by atoms with Crippen molar-refractivity contribution in [3.8, 4) is 11.5 Å². The molecule has 3 rings (SSSR count). The second-order valence-electron chi connectivity index (χ2n) is 6.72. The number of hydrogen-bond acceptors (Lipinski definition) is 5. The molecule has 2 aromatic carbocycles. The average Bonchev–Trinajstić information content (AvgIpc) is 3.05. The number of sulfone groups is 1. The van der Waals surface area contributed by atoms with Crippen LogP contribution in [0, 0.1) is 18.7 Å². The molecule has 0 fully saturated rings. The lowest BCUT2D eigenvalue weighted by Crippen LogP contribution is -2.11. The smallest absolute Gasteiger partial charge is 0.233 e. The van der Waals surface area contributed by atoms with Crippen LogP contribution in [0.4, 0.5) is 10.3 Å². The summed E-state index contributed by atoms with van der Waals surface area (Å²) in [5.41, 5.74) is 1.05. The van der Waals surface area contributed by atoms with Crippen molar-refractivity contribution in [1.29, 1.82) is 0 Å². The van der Waals surface area contributed by atoms with Crippen molar-refractivity contribution in [2.45, 2.75) is 30.7 Å². The molecule has 0 bridgehead atoms. The van der Waals surface area contributed by atoms with Crippen molar-refractivity contribution in [1.82, 2.24) is 4.98 Å². The van der Waals surface area contributed by atoms with Gasteiger partial charge in [-0.15, -0.1) is 0 Å². The Labute approximate surface area is 158 Å². The minimum Gasteiger partial charge on any atom is -0.419 e. The van der Waals surface area contributed by atoms with Crippen molar-refractivity contribution in [3.63, 3.8) is 0 Å². The molecule has 27 heavy (non-hydrogen) atoms. The van der Waals surface area contributed by atoms with Gasteiger partial charge < -0.3 is 9.73 Å². The van der Waals surface area contributed by atoms with Gasteiger partial charge in [0.15, 0.2) is 0 Å². The topological polar surface area (TPSA) is 72.2 Å². The summed E-state index contributed by atoms with van der Waals surface area (Å²) in [5.74, 6) is -0.344. The Kier molecular flexibility index (Phi) is 5.32. The first-order valence-electron chi connectivity index (χ1n) is 8.60. The molecule has 142 valence electrons. The molecule has 0 radical (unpaired) electrons. The maximum atomic E-state index is 14.1. The molecule has 0 aliphatic rings. The van der Waals surface area contributed by atoms with E-state index in [2.05, 4.69) is 10.3 Å². The highest BCUT2D eigenvalue weighted by molar-refractivity contribution is 7.91. The van der Waals surface area contributed by atoms with Crippen LogP contribution in [0.25, 0.3) is 11.5 Å². The lowest BCUT2D eigenvalue weighted by molar-refractivity contribution is 0.559. The second-order valence-corrected chi connectivity index (χ2v) is 8.59. The predicted octanol–water partition coefficient (Wildman–Crippen LogP) is 4.69. The van der Waals surface area contributed by atoms with Gasteiger partial charge in [-0.05, 0) is 37.1 Å². The maximum Gasteiger partial charge on any atom is 0.233 e. The molecule has 0 saturated heterocycles. The molecule has 0 aliphatic carbocycles. The Morgan fingerprint density at radius 2 is 1.78 bits per heavy atom. The lowest BCUT2D eigenvalue weighted by atomic mass is 10.2. The first kappa shape index (κ1) is 19.1. The number of benzene rings is 2. The fourth-order valence-corrected chi connectivity index (χ4v) is 3.75. The Morgan fingerprint density at radius 1 is 1.11 bits per heavy atom. The van der Waals surface area contributed by atoms with Gasteiger partial charge in [-0.3, -0.25) is 0 Å². The number of aromatic nitrogens is 1. The van der Waals surface area contributed by atoms with Crippen molar-refractivity contribution in [2.24, 2.45) is 5.92 Å². The van der Waals surface area contributed by atoms with Gasteiger partial charge in [-0.2, -0.15) is 4.98 Å². The zero-order chi connectivity index (χ0) is 19.6. The van der Waals surface area contributed by atoms with Gasteiger partial charge in [0.05, 0.1) is 10.5 Å². The molecule has 5 nitrogen and oxygen atoms in total. The van der Waals surface area contributed by atoms with Crippen molar-refractivity contribution in [2.75, 3.05) is 11.9 Å². The third-order valence-electron chi connectivity index (χ3n) is 3.96. The van der Waals surface area contributed by atoms with E-state index in [1.165, 1.54) is 24.3 Å². The van der Waals surface area contributed by atoms with Gasteiger partial charge in [0.25, 0.3) is 0 Å². The highest BCUT2D eigenvalue weighted by atomic mass is 32.2. The largest absolute Gasteiger partial charge is 0.419 e. The van der Waals surface area contributed by atoms with Crippen molar-refractivity contribution >= 4 is 15.7 Å². The summed E-state index contributed by atoms with van der Waals surface area (Å²) < 4.78 is 45.9. The molecule has 1 aromatic heterocycles. The van der Waals surface area contributed by atoms with E-state index in [-0.39, 0.29) is 33.2 Å². The lowest BCUT2D eigenvalue weighted by Gasteiger charge is -2.08. The Hall–Kier alpha value is -2.67. The quantitative estimate of drug-likeness (QED) is 0.663. The summed E-state index contributed by atoms with van der Waals surface area (Å²) >= 11 is 0. The second kappa shape index (κ2) is 7.52. The minimum atomic E-state index is -3.92. The zero-order valence-corrected chi connectivity index (χ0v) is 16.2. The molecule has 0 unspecified atom stereocenters. The van der Waals surface area contributed by atoms with Gasteiger partial charge in [-0.1, -0.05) is 43.7 Å². The van der Waals surface area contributed by atoms with E-state index < -0.39 is 15.7 Å². The fourth-order valence-electron chi connectivity index (χ4n) is 2.48. The first-order chi connectivity index (χ1) is 12.8. The number of anilines is 1. The molecule has 0 aliphatic heterocycles. The van der Waals surface area contributed by atoms with E-state index in [1.54, 1.807) is 24.3 Å². The number of nitrogens with zero attached hydrogens (tertiary/aromatic N) is 1. The van der Waals surface area contributed by atoms with Crippen molar-refractivity contribution in [3.05, 3.63) is 59.9 Å². The molecular formula is C20H21FN2O3S. The monoisotopic (exact) mass is 388 g/mol. The van der Waals surface area contributed by atoms with Gasteiger partial charge in [0.1, 0.15) is 5.82 Å². The van der Waals surface area contributed by atoms with Crippen LogP contribution in [0.1, 0.15) is 19.4 Å². The number of oxazole rings is 1. The van der Waals surface area contributed by atoms with E-state index >= 15 is 0 Å². The van der Waals surface area contributed by atoms with E-state index in [9.17, 15) is 12.8 Å². The number of rotatable bonds is 6. The van der Waals surface area contributed by atoms with E-state index in [1.807, 2.05) is 20.8 Å².